The Morgan fingerprint density at radius 3 is 2.73 bits per heavy atom. The molecular formula is C10H16O. The minimum atomic E-state index is 0.279. The van der Waals surface area contributed by atoms with Crippen LogP contribution in [0.15, 0.2) is 11.6 Å². The summed E-state index contributed by atoms with van der Waals surface area (Å²) in [6.07, 6.45) is 4.75. The second-order valence-corrected chi connectivity index (χ2v) is 4.48. The van der Waals surface area contributed by atoms with Crippen LogP contribution in [0.3, 0.4) is 0 Å². The quantitative estimate of drug-likeness (QED) is 0.569. The fourth-order valence-electron chi connectivity index (χ4n) is 2.66. The zero-order chi connectivity index (χ0) is 8.06. The molecule has 1 saturated carbocycles. The van der Waals surface area contributed by atoms with Gasteiger partial charge in [-0.3, -0.25) is 0 Å². The molecule has 1 N–H and O–H groups in total. The smallest absolute Gasteiger partial charge is 0.0644 e. The predicted molar refractivity (Wildman–Crippen MR) is 45.2 cm³/mol. The molecule has 0 saturated heterocycles. The van der Waals surface area contributed by atoms with Crippen molar-refractivity contribution in [2.45, 2.75) is 26.7 Å². The van der Waals surface area contributed by atoms with E-state index in [1.807, 2.05) is 0 Å². The average molecular weight is 152 g/mol. The van der Waals surface area contributed by atoms with Crippen molar-refractivity contribution in [1.82, 2.24) is 0 Å². The lowest BCUT2D eigenvalue weighted by Crippen LogP contribution is -2.48. The van der Waals surface area contributed by atoms with Crippen molar-refractivity contribution in [3.8, 4) is 0 Å². The largest absolute Gasteiger partial charge is 0.392 e. The molecule has 0 aromatic carbocycles. The predicted octanol–water partition coefficient (Wildman–Crippen LogP) is 1.97. The highest BCUT2D eigenvalue weighted by Crippen LogP contribution is 2.58. The number of hydrogen-bond acceptors (Lipinski definition) is 1. The van der Waals surface area contributed by atoms with Gasteiger partial charge in [0, 0.05) is 0 Å². The molecule has 2 atom stereocenters. The van der Waals surface area contributed by atoms with E-state index in [0.29, 0.717) is 11.3 Å². The van der Waals surface area contributed by atoms with E-state index in [1.165, 1.54) is 18.4 Å². The Labute approximate surface area is 68.1 Å². The maximum absolute atomic E-state index is 9.05. The zero-order valence-corrected chi connectivity index (χ0v) is 7.30. The maximum Gasteiger partial charge on any atom is 0.0644 e. The van der Waals surface area contributed by atoms with E-state index in [1.54, 1.807) is 0 Å². The van der Waals surface area contributed by atoms with Crippen molar-refractivity contribution in [2.75, 3.05) is 6.61 Å². The van der Waals surface area contributed by atoms with Gasteiger partial charge in [-0.15, -0.1) is 0 Å². The van der Waals surface area contributed by atoms with Crippen LogP contribution < -0.4 is 0 Å². The molecule has 2 bridgehead atoms. The summed E-state index contributed by atoms with van der Waals surface area (Å²) in [7, 11) is 0. The van der Waals surface area contributed by atoms with Crippen LogP contribution >= 0.6 is 0 Å². The highest BCUT2D eigenvalue weighted by atomic mass is 16.3. The Bertz CT molecular complexity index is 203. The number of aliphatic hydroxyl groups is 1. The summed E-state index contributed by atoms with van der Waals surface area (Å²) < 4.78 is 0. The first-order valence-electron chi connectivity index (χ1n) is 4.46. The fraction of sp³-hybridized carbons (Fsp3) is 0.800. The highest BCUT2D eigenvalue weighted by Gasteiger charge is 2.50. The zero-order valence-electron chi connectivity index (χ0n) is 7.30. The third-order valence-electron chi connectivity index (χ3n) is 3.77. The molecule has 11 heavy (non-hydrogen) atoms. The summed E-state index contributed by atoms with van der Waals surface area (Å²) in [6.45, 7) is 4.93. The Morgan fingerprint density at radius 1 is 1.64 bits per heavy atom. The summed E-state index contributed by atoms with van der Waals surface area (Å²) in [5.41, 5.74) is 1.77. The van der Waals surface area contributed by atoms with Gasteiger partial charge in [-0.2, -0.15) is 0 Å². The van der Waals surface area contributed by atoms with Crippen LogP contribution in [-0.4, -0.2) is 11.7 Å². The molecule has 0 spiro atoms. The van der Waals surface area contributed by atoms with Crippen molar-refractivity contribution in [3.63, 3.8) is 0 Å². The van der Waals surface area contributed by atoms with Crippen molar-refractivity contribution in [2.24, 2.45) is 17.3 Å². The van der Waals surface area contributed by atoms with Crippen LogP contribution in [0, 0.1) is 17.3 Å². The van der Waals surface area contributed by atoms with E-state index in [4.69, 9.17) is 5.11 Å². The first kappa shape index (κ1) is 7.35. The summed E-state index contributed by atoms with van der Waals surface area (Å²) in [4.78, 5) is 0. The normalized spacial score (nSPS) is 39.4. The molecule has 3 aliphatic rings. The van der Waals surface area contributed by atoms with Gasteiger partial charge in [-0.1, -0.05) is 19.9 Å². The number of fused-ring (bicyclic) bond motifs is 1. The van der Waals surface area contributed by atoms with Crippen LogP contribution in [0.25, 0.3) is 0 Å². The van der Waals surface area contributed by atoms with E-state index in [9.17, 15) is 0 Å². The van der Waals surface area contributed by atoms with Gasteiger partial charge in [-0.25, -0.2) is 0 Å². The minimum absolute atomic E-state index is 0.279. The number of hydrogen-bond donors (Lipinski definition) is 1. The fourth-order valence-corrected chi connectivity index (χ4v) is 2.66. The molecule has 0 aromatic rings. The molecule has 0 aromatic heterocycles. The van der Waals surface area contributed by atoms with Crippen molar-refractivity contribution in [3.05, 3.63) is 11.6 Å². The Balaban J connectivity index is 2.23. The Kier molecular flexibility index (Phi) is 1.40. The van der Waals surface area contributed by atoms with Gasteiger partial charge >= 0.3 is 0 Å². The number of allylic oxidation sites excluding steroid dienone is 1. The molecule has 1 nitrogen and oxygen atoms in total. The van der Waals surface area contributed by atoms with E-state index in [2.05, 4.69) is 19.9 Å². The summed E-state index contributed by atoms with van der Waals surface area (Å²) in [5.74, 6) is 1.58. The molecule has 1 fully saturated rings. The first-order chi connectivity index (χ1) is 5.16. The Hall–Kier alpha value is -0.300. The molecule has 62 valence electrons. The second kappa shape index (κ2) is 2.10. The van der Waals surface area contributed by atoms with E-state index >= 15 is 0 Å². The monoisotopic (exact) mass is 152 g/mol. The molecular weight excluding hydrogens is 136 g/mol. The van der Waals surface area contributed by atoms with Crippen LogP contribution in [0.4, 0.5) is 0 Å². The third-order valence-corrected chi connectivity index (χ3v) is 3.77. The van der Waals surface area contributed by atoms with Crippen molar-refractivity contribution < 1.29 is 5.11 Å². The lowest BCUT2D eigenvalue weighted by atomic mass is 9.49. The SMILES string of the molecule is CC1(C)C2CC=C(CO)[C@@H]1C2. The third kappa shape index (κ3) is 0.807. The molecule has 0 radical (unpaired) electrons. The molecule has 0 heterocycles. The lowest BCUT2D eigenvalue weighted by Gasteiger charge is -2.56. The highest BCUT2D eigenvalue weighted by molar-refractivity contribution is 5.23. The topological polar surface area (TPSA) is 20.2 Å². The Morgan fingerprint density at radius 2 is 2.36 bits per heavy atom. The molecule has 1 heteroatoms. The van der Waals surface area contributed by atoms with Gasteiger partial charge in [0.2, 0.25) is 0 Å². The van der Waals surface area contributed by atoms with Gasteiger partial charge in [0.15, 0.2) is 0 Å². The van der Waals surface area contributed by atoms with Gasteiger partial charge in [0.1, 0.15) is 0 Å². The van der Waals surface area contributed by atoms with Crippen LogP contribution in [0.1, 0.15) is 26.7 Å². The van der Waals surface area contributed by atoms with E-state index < -0.39 is 0 Å². The van der Waals surface area contributed by atoms with Crippen molar-refractivity contribution in [1.29, 1.82) is 0 Å². The number of aliphatic hydroxyl groups excluding tert-OH is 1. The second-order valence-electron chi connectivity index (χ2n) is 4.48. The standard InChI is InChI=1S/C10H16O/c1-10(2)8-4-3-7(6-11)9(10)5-8/h3,8-9,11H,4-6H2,1-2H3/t8?,9-/m0/s1. The van der Waals surface area contributed by atoms with E-state index in [-0.39, 0.29) is 6.61 Å². The van der Waals surface area contributed by atoms with E-state index in [0.717, 1.165) is 5.92 Å². The molecule has 3 aliphatic carbocycles. The minimum Gasteiger partial charge on any atom is -0.392 e. The average Bonchev–Trinajstić information content (AvgIpc) is 2.04. The molecule has 0 aliphatic heterocycles. The summed E-state index contributed by atoms with van der Waals surface area (Å²) >= 11 is 0. The van der Waals surface area contributed by atoms with Gasteiger partial charge < -0.3 is 5.11 Å². The number of rotatable bonds is 1. The summed E-state index contributed by atoms with van der Waals surface area (Å²) in [5, 5.41) is 9.05. The van der Waals surface area contributed by atoms with Crippen LogP contribution in [0.2, 0.25) is 0 Å². The molecule has 1 unspecified atom stereocenters. The first-order valence-corrected chi connectivity index (χ1v) is 4.46. The maximum atomic E-state index is 9.05. The molecule has 3 rings (SSSR count). The van der Waals surface area contributed by atoms with Crippen molar-refractivity contribution >= 4 is 0 Å². The lowest BCUT2D eigenvalue weighted by molar-refractivity contribution is -0.0125. The van der Waals surface area contributed by atoms with Gasteiger partial charge in [0.25, 0.3) is 0 Å². The van der Waals surface area contributed by atoms with Gasteiger partial charge in [0.05, 0.1) is 6.61 Å². The summed E-state index contributed by atoms with van der Waals surface area (Å²) in [6, 6.07) is 0. The van der Waals surface area contributed by atoms with Gasteiger partial charge in [-0.05, 0) is 35.7 Å². The van der Waals surface area contributed by atoms with Crippen LogP contribution in [-0.2, 0) is 0 Å². The molecule has 0 amide bonds. The van der Waals surface area contributed by atoms with Crippen LogP contribution in [0.5, 0.6) is 0 Å².